The Kier molecular flexibility index (Phi) is 51.1. The van der Waals surface area contributed by atoms with E-state index in [2.05, 4.69) is 11.5 Å². The molecule has 0 spiro atoms. The third-order valence-corrected chi connectivity index (χ3v) is 0.349. The summed E-state index contributed by atoms with van der Waals surface area (Å²) in [4.78, 5) is 18.5. The quantitative estimate of drug-likeness (QED) is 0.373. The molecule has 9 heteroatoms. The van der Waals surface area contributed by atoms with Gasteiger partial charge in [-0.3, -0.25) is 9.59 Å². The van der Waals surface area contributed by atoms with Crippen molar-refractivity contribution in [3.63, 3.8) is 0 Å². The van der Waals surface area contributed by atoms with E-state index in [1.807, 2.05) is 0 Å². The number of aliphatic carboxylic acids is 2. The Morgan fingerprint density at radius 3 is 1.00 bits per heavy atom. The standard InChI is InChI=1S/2C2H5NO2.2ClH.Pd/c2*3-1-2(4)5;;;/h2*1,3H2,(H,4,5);2*1H;/q;;;;+2/p-2. The van der Waals surface area contributed by atoms with Gasteiger partial charge in [0.25, 0.3) is 0 Å². The molecule has 6 N–H and O–H groups in total. The molecular formula is C4H10Cl2N2O4Pd. The van der Waals surface area contributed by atoms with Crippen molar-refractivity contribution < 1.29 is 65.0 Å². The molecule has 0 aromatic carbocycles. The fourth-order valence-corrected chi connectivity index (χ4v) is 0. The van der Waals surface area contributed by atoms with Gasteiger partial charge in [-0.15, -0.1) is 0 Å². The third-order valence-electron chi connectivity index (χ3n) is 0.349. The monoisotopic (exact) mass is 326 g/mol. The molecule has 0 saturated carbocycles. The molecule has 0 saturated heterocycles. The van der Waals surface area contributed by atoms with Crippen molar-refractivity contribution in [3.8, 4) is 0 Å². The minimum Gasteiger partial charge on any atom is -1.00 e. The topological polar surface area (TPSA) is 127 Å². The Labute approximate surface area is 102 Å². The minimum atomic E-state index is -0.968. The number of carboxylic acids is 2. The Hall–Kier alpha value is 0.102. The molecule has 0 aromatic rings. The van der Waals surface area contributed by atoms with E-state index in [4.69, 9.17) is 10.2 Å². The van der Waals surface area contributed by atoms with E-state index in [0.717, 1.165) is 0 Å². The van der Waals surface area contributed by atoms with Crippen molar-refractivity contribution in [1.29, 1.82) is 0 Å². The first kappa shape index (κ1) is 29.2. The van der Waals surface area contributed by atoms with Crippen LogP contribution in [0.2, 0.25) is 0 Å². The number of carboxylic acid groups (broad SMARTS) is 2. The van der Waals surface area contributed by atoms with Crippen LogP contribution in [0.1, 0.15) is 0 Å². The van der Waals surface area contributed by atoms with Crippen molar-refractivity contribution >= 4 is 11.9 Å². The van der Waals surface area contributed by atoms with Crippen molar-refractivity contribution in [2.45, 2.75) is 0 Å². The molecule has 0 fully saturated rings. The second kappa shape index (κ2) is 22.7. The van der Waals surface area contributed by atoms with Crippen LogP contribution in [0.5, 0.6) is 0 Å². The number of hydrogen-bond donors (Lipinski definition) is 4. The van der Waals surface area contributed by atoms with Gasteiger partial charge in [0.15, 0.2) is 0 Å². The van der Waals surface area contributed by atoms with E-state index in [-0.39, 0.29) is 58.3 Å². The summed E-state index contributed by atoms with van der Waals surface area (Å²) in [5.74, 6) is -1.94. The van der Waals surface area contributed by atoms with Gasteiger partial charge in [0.2, 0.25) is 0 Å². The average molecular weight is 327 g/mol. The van der Waals surface area contributed by atoms with Gasteiger partial charge in [-0.1, -0.05) is 0 Å². The summed E-state index contributed by atoms with van der Waals surface area (Å²) in [6.07, 6.45) is 0. The maximum absolute atomic E-state index is 9.24. The number of halogens is 2. The predicted octanol–water partition coefficient (Wildman–Crippen LogP) is -7.94. The van der Waals surface area contributed by atoms with E-state index in [1.165, 1.54) is 0 Å². The van der Waals surface area contributed by atoms with Crippen molar-refractivity contribution in [2.75, 3.05) is 13.1 Å². The van der Waals surface area contributed by atoms with Crippen molar-refractivity contribution in [3.05, 3.63) is 0 Å². The number of hydrogen-bond acceptors (Lipinski definition) is 4. The van der Waals surface area contributed by atoms with Crippen LogP contribution in [0.25, 0.3) is 0 Å². The number of rotatable bonds is 2. The van der Waals surface area contributed by atoms with Crippen LogP contribution in [0.3, 0.4) is 0 Å². The summed E-state index contributed by atoms with van der Waals surface area (Å²) < 4.78 is 0. The Morgan fingerprint density at radius 1 is 0.923 bits per heavy atom. The van der Waals surface area contributed by atoms with Crippen molar-refractivity contribution in [1.82, 2.24) is 0 Å². The molecule has 0 aromatic heterocycles. The summed E-state index contributed by atoms with van der Waals surface area (Å²) in [7, 11) is 0. The SMILES string of the molecule is NCC(=O)O.NCC(=O)O.[Cl-].[Cl-].[Pd+2]. The minimum absolute atomic E-state index is 0. The molecule has 0 bridgehead atoms. The zero-order valence-corrected chi connectivity index (χ0v) is 9.42. The van der Waals surface area contributed by atoms with Gasteiger partial charge >= 0.3 is 32.4 Å². The van der Waals surface area contributed by atoms with Gasteiger partial charge in [0.1, 0.15) is 0 Å². The predicted molar refractivity (Wildman–Crippen MR) is 33.4 cm³/mol. The summed E-state index contributed by atoms with van der Waals surface area (Å²) in [5.41, 5.74) is 9.14. The van der Waals surface area contributed by atoms with E-state index in [9.17, 15) is 9.59 Å². The molecule has 0 aliphatic heterocycles. The van der Waals surface area contributed by atoms with Gasteiger partial charge in [-0.2, -0.15) is 0 Å². The molecule has 6 nitrogen and oxygen atoms in total. The smallest absolute Gasteiger partial charge is 1.00 e. The second-order valence-corrected chi connectivity index (χ2v) is 1.20. The maximum Gasteiger partial charge on any atom is 2.00 e. The fourth-order valence-electron chi connectivity index (χ4n) is 0. The third kappa shape index (κ3) is 73.4. The molecule has 0 aliphatic carbocycles. The van der Waals surface area contributed by atoms with Gasteiger partial charge in [-0.05, 0) is 0 Å². The van der Waals surface area contributed by atoms with Gasteiger partial charge < -0.3 is 46.5 Å². The summed E-state index contributed by atoms with van der Waals surface area (Å²) in [6.45, 7) is -0.556. The van der Waals surface area contributed by atoms with Crippen LogP contribution in [0, 0.1) is 0 Å². The maximum atomic E-state index is 9.24. The molecule has 13 heavy (non-hydrogen) atoms. The molecule has 0 radical (unpaired) electrons. The molecule has 0 rings (SSSR count). The molecule has 0 atom stereocenters. The molecule has 0 amide bonds. The molecule has 0 heterocycles. The largest absolute Gasteiger partial charge is 2.00 e. The van der Waals surface area contributed by atoms with E-state index < -0.39 is 11.9 Å². The van der Waals surface area contributed by atoms with E-state index in [1.54, 1.807) is 0 Å². The van der Waals surface area contributed by atoms with Crippen LogP contribution in [-0.4, -0.2) is 35.2 Å². The molecular weight excluding hydrogens is 317 g/mol. The summed E-state index contributed by atoms with van der Waals surface area (Å²) >= 11 is 0. The second-order valence-electron chi connectivity index (χ2n) is 1.20. The zero-order chi connectivity index (χ0) is 8.57. The Morgan fingerprint density at radius 2 is 1.00 bits per heavy atom. The molecule has 0 aliphatic rings. The number of nitrogens with two attached hydrogens (primary N) is 2. The van der Waals surface area contributed by atoms with Gasteiger partial charge in [0, 0.05) is 0 Å². The zero-order valence-electron chi connectivity index (χ0n) is 6.35. The summed E-state index contributed by atoms with van der Waals surface area (Å²) in [6, 6.07) is 0. The van der Waals surface area contributed by atoms with Crippen LogP contribution in [0.15, 0.2) is 0 Å². The van der Waals surface area contributed by atoms with Crippen LogP contribution in [0.4, 0.5) is 0 Å². The fraction of sp³-hybridized carbons (Fsp3) is 0.500. The van der Waals surface area contributed by atoms with Crippen LogP contribution < -0.4 is 36.3 Å². The van der Waals surface area contributed by atoms with E-state index >= 15 is 0 Å². The van der Waals surface area contributed by atoms with Crippen LogP contribution in [-0.2, 0) is 30.0 Å². The normalized spacial score (nSPS) is 5.69. The first-order chi connectivity index (χ1) is 4.54. The van der Waals surface area contributed by atoms with Gasteiger partial charge in [0.05, 0.1) is 13.1 Å². The van der Waals surface area contributed by atoms with Gasteiger partial charge in [-0.25, -0.2) is 0 Å². The average Bonchev–Trinajstić information content (AvgIpc) is 1.89. The van der Waals surface area contributed by atoms with E-state index in [0.29, 0.717) is 0 Å². The number of carbonyl (C=O) groups is 2. The first-order valence-electron chi connectivity index (χ1n) is 2.38. The summed E-state index contributed by atoms with van der Waals surface area (Å²) in [5, 5.41) is 15.2. The molecule has 84 valence electrons. The first-order valence-corrected chi connectivity index (χ1v) is 2.38. The van der Waals surface area contributed by atoms with Crippen molar-refractivity contribution in [2.24, 2.45) is 11.5 Å². The Bertz CT molecular complexity index is 113. The van der Waals surface area contributed by atoms with Crippen LogP contribution >= 0.6 is 0 Å². The molecule has 0 unspecified atom stereocenters. The Balaban J connectivity index is -0.0000000267.